The van der Waals surface area contributed by atoms with E-state index in [0.29, 0.717) is 16.5 Å². The normalized spacial score (nSPS) is 11.3. The van der Waals surface area contributed by atoms with Gasteiger partial charge in [0.05, 0.1) is 12.7 Å². The lowest BCUT2D eigenvalue weighted by Gasteiger charge is -2.10. The Hall–Kier alpha value is -3.31. The molecular weight excluding hydrogens is 400 g/mol. The van der Waals surface area contributed by atoms with Gasteiger partial charge in [-0.2, -0.15) is 0 Å². The summed E-state index contributed by atoms with van der Waals surface area (Å²) in [7, 11) is 1.57. The Labute approximate surface area is 180 Å². The van der Waals surface area contributed by atoms with Crippen molar-refractivity contribution < 1.29 is 14.3 Å². The van der Waals surface area contributed by atoms with Crippen LogP contribution in [0.1, 0.15) is 23.9 Å². The van der Waals surface area contributed by atoms with Crippen molar-refractivity contribution in [2.75, 3.05) is 12.4 Å². The largest absolute Gasteiger partial charge is 0.497 e. The van der Waals surface area contributed by atoms with Crippen LogP contribution in [0.4, 0.5) is 5.69 Å². The number of benzene rings is 2. The van der Waals surface area contributed by atoms with Crippen molar-refractivity contribution in [3.8, 4) is 11.4 Å². The van der Waals surface area contributed by atoms with Gasteiger partial charge in [0.2, 0.25) is 0 Å². The van der Waals surface area contributed by atoms with Crippen LogP contribution in [0.15, 0.2) is 60.2 Å². The van der Waals surface area contributed by atoms with Gasteiger partial charge in [0, 0.05) is 27.8 Å². The third-order valence-electron chi connectivity index (χ3n) is 4.81. The molecule has 2 aromatic carbocycles. The quantitative estimate of drug-likeness (QED) is 0.330. The van der Waals surface area contributed by atoms with Crippen LogP contribution in [-0.4, -0.2) is 23.4 Å². The number of nitrogens with one attached hydrogen (secondary N) is 1. The van der Waals surface area contributed by atoms with Crippen molar-refractivity contribution >= 4 is 35.1 Å². The number of hydrogen-bond donors (Lipinski definition) is 1. The third kappa shape index (κ3) is 4.63. The molecule has 3 rings (SSSR count). The summed E-state index contributed by atoms with van der Waals surface area (Å²) >= 11 is 6.14. The Morgan fingerprint density at radius 2 is 1.77 bits per heavy atom. The van der Waals surface area contributed by atoms with Crippen LogP contribution >= 0.6 is 11.6 Å². The van der Waals surface area contributed by atoms with Crippen molar-refractivity contribution in [1.82, 2.24) is 4.57 Å². The third-order valence-corrected chi connectivity index (χ3v) is 5.04. The van der Waals surface area contributed by atoms with Gasteiger partial charge in [-0.15, -0.1) is 0 Å². The number of hydrogen-bond acceptors (Lipinski definition) is 3. The van der Waals surface area contributed by atoms with Gasteiger partial charge >= 0.3 is 0 Å². The van der Waals surface area contributed by atoms with Gasteiger partial charge in [-0.3, -0.25) is 9.59 Å². The average Bonchev–Trinajstić information content (AvgIpc) is 2.99. The fourth-order valence-electron chi connectivity index (χ4n) is 3.30. The van der Waals surface area contributed by atoms with E-state index in [1.807, 2.05) is 48.7 Å². The van der Waals surface area contributed by atoms with E-state index in [-0.39, 0.29) is 11.4 Å². The van der Waals surface area contributed by atoms with E-state index in [1.165, 1.54) is 6.92 Å². The second-order valence-electron chi connectivity index (χ2n) is 6.94. The fourth-order valence-corrected chi connectivity index (χ4v) is 3.49. The molecule has 1 aromatic heterocycles. The van der Waals surface area contributed by atoms with E-state index >= 15 is 0 Å². The average molecular weight is 423 g/mol. The number of methoxy groups -OCH3 is 1. The highest BCUT2D eigenvalue weighted by Gasteiger charge is 2.17. The summed E-state index contributed by atoms with van der Waals surface area (Å²) in [4.78, 5) is 25.0. The molecule has 1 amide bonds. The van der Waals surface area contributed by atoms with Gasteiger partial charge < -0.3 is 14.6 Å². The number of ketones is 1. The summed E-state index contributed by atoms with van der Waals surface area (Å²) in [6.45, 7) is 5.30. The highest BCUT2D eigenvalue weighted by atomic mass is 35.5. The first-order valence-corrected chi connectivity index (χ1v) is 9.81. The molecule has 0 aliphatic carbocycles. The predicted molar refractivity (Wildman–Crippen MR) is 121 cm³/mol. The highest BCUT2D eigenvalue weighted by molar-refractivity contribution is 6.30. The molecule has 0 aliphatic heterocycles. The van der Waals surface area contributed by atoms with Crippen LogP contribution in [0.2, 0.25) is 5.02 Å². The topological polar surface area (TPSA) is 60.3 Å². The van der Waals surface area contributed by atoms with E-state index < -0.39 is 5.91 Å². The number of aryl methyl sites for hydroxylation is 1. The van der Waals surface area contributed by atoms with E-state index in [4.69, 9.17) is 16.3 Å². The molecule has 5 nitrogen and oxygen atoms in total. The van der Waals surface area contributed by atoms with Gasteiger partial charge in [0.15, 0.2) is 5.78 Å². The number of carbonyl (C=O) groups excluding carboxylic acids is 2. The molecule has 0 fully saturated rings. The van der Waals surface area contributed by atoms with Crippen molar-refractivity contribution in [3.63, 3.8) is 0 Å². The van der Waals surface area contributed by atoms with Crippen LogP contribution < -0.4 is 10.1 Å². The number of amides is 1. The zero-order valence-corrected chi connectivity index (χ0v) is 18.1. The Morgan fingerprint density at radius 3 is 2.37 bits per heavy atom. The molecule has 154 valence electrons. The number of ether oxygens (including phenoxy) is 1. The monoisotopic (exact) mass is 422 g/mol. The molecule has 0 aliphatic rings. The molecule has 0 saturated heterocycles. The van der Waals surface area contributed by atoms with Crippen LogP contribution in [0.25, 0.3) is 11.8 Å². The zero-order valence-electron chi connectivity index (χ0n) is 17.3. The Bertz CT molecular complexity index is 1130. The maximum Gasteiger partial charge on any atom is 0.259 e. The predicted octanol–water partition coefficient (Wildman–Crippen LogP) is 5.37. The molecule has 1 N–H and O–H groups in total. The number of nitrogens with zero attached hydrogens (tertiary/aromatic N) is 1. The summed E-state index contributed by atoms with van der Waals surface area (Å²) in [6, 6.07) is 16.4. The molecule has 3 aromatic rings. The van der Waals surface area contributed by atoms with Gasteiger partial charge in [0.25, 0.3) is 5.91 Å². The molecule has 0 saturated carbocycles. The summed E-state index contributed by atoms with van der Waals surface area (Å²) < 4.78 is 7.16. The SMILES string of the molecule is COc1ccc(NC(=O)C(=Cc2cc(C)n(-c3cccc(Cl)c3)c2C)C(C)=O)cc1. The molecule has 30 heavy (non-hydrogen) atoms. The Kier molecular flexibility index (Phi) is 6.43. The van der Waals surface area contributed by atoms with E-state index in [9.17, 15) is 9.59 Å². The first kappa shape index (κ1) is 21.4. The van der Waals surface area contributed by atoms with Crippen molar-refractivity contribution in [3.05, 3.63) is 82.1 Å². The minimum atomic E-state index is -0.458. The maximum atomic E-state index is 12.8. The zero-order chi connectivity index (χ0) is 21.8. The number of rotatable bonds is 6. The molecule has 1 heterocycles. The second kappa shape index (κ2) is 9.01. The molecule has 0 radical (unpaired) electrons. The fraction of sp³-hybridized carbons (Fsp3) is 0.167. The number of anilines is 1. The lowest BCUT2D eigenvalue weighted by atomic mass is 10.1. The van der Waals surface area contributed by atoms with Crippen molar-refractivity contribution in [2.24, 2.45) is 0 Å². The summed E-state index contributed by atoms with van der Waals surface area (Å²) in [5.41, 5.74) is 4.26. The van der Waals surface area contributed by atoms with Crippen LogP contribution in [0.5, 0.6) is 5.75 Å². The molecule has 0 unspecified atom stereocenters. The van der Waals surface area contributed by atoms with Crippen LogP contribution in [0.3, 0.4) is 0 Å². The molecule has 0 bridgehead atoms. The van der Waals surface area contributed by atoms with E-state index in [2.05, 4.69) is 5.32 Å². The van der Waals surface area contributed by atoms with Gasteiger partial charge in [-0.25, -0.2) is 0 Å². The summed E-state index contributed by atoms with van der Waals surface area (Å²) in [5, 5.41) is 3.41. The molecule has 0 atom stereocenters. The Morgan fingerprint density at radius 1 is 1.07 bits per heavy atom. The van der Waals surface area contributed by atoms with E-state index in [1.54, 1.807) is 37.5 Å². The van der Waals surface area contributed by atoms with Crippen LogP contribution in [-0.2, 0) is 9.59 Å². The number of aromatic nitrogens is 1. The summed E-state index contributed by atoms with van der Waals surface area (Å²) in [5.74, 6) is -0.0856. The lowest BCUT2D eigenvalue weighted by molar-refractivity contribution is -0.118. The van der Waals surface area contributed by atoms with Crippen LogP contribution in [0, 0.1) is 13.8 Å². The van der Waals surface area contributed by atoms with Crippen molar-refractivity contribution in [2.45, 2.75) is 20.8 Å². The second-order valence-corrected chi connectivity index (χ2v) is 7.38. The molecule has 6 heteroatoms. The minimum absolute atomic E-state index is 0.0807. The standard InChI is InChI=1S/C24H23ClN2O3/c1-15-12-18(16(2)27(15)21-7-5-6-19(25)14-21)13-23(17(3)28)24(29)26-20-8-10-22(30-4)11-9-20/h5-14H,1-4H3,(H,26,29). The molecule has 0 spiro atoms. The van der Waals surface area contributed by atoms with Gasteiger partial charge in [-0.05, 0) is 80.9 Å². The first-order chi connectivity index (χ1) is 14.3. The van der Waals surface area contributed by atoms with Crippen molar-refractivity contribution in [1.29, 1.82) is 0 Å². The maximum absolute atomic E-state index is 12.8. The lowest BCUT2D eigenvalue weighted by Crippen LogP contribution is -2.18. The number of carbonyl (C=O) groups is 2. The summed E-state index contributed by atoms with van der Waals surface area (Å²) in [6.07, 6.45) is 1.63. The number of Topliss-reactive ketones (excluding diaryl/α,β-unsaturated/α-hetero) is 1. The van der Waals surface area contributed by atoms with Gasteiger partial charge in [0.1, 0.15) is 5.75 Å². The smallest absolute Gasteiger partial charge is 0.259 e. The first-order valence-electron chi connectivity index (χ1n) is 9.43. The molecular formula is C24H23ClN2O3. The Balaban J connectivity index is 1.94. The van der Waals surface area contributed by atoms with Gasteiger partial charge in [-0.1, -0.05) is 17.7 Å². The minimum Gasteiger partial charge on any atom is -0.497 e. The van der Waals surface area contributed by atoms with E-state index in [0.717, 1.165) is 22.6 Å². The highest BCUT2D eigenvalue weighted by Crippen LogP contribution is 2.25. The number of halogens is 1.